The summed E-state index contributed by atoms with van der Waals surface area (Å²) in [6.07, 6.45) is 3.54. The van der Waals surface area contributed by atoms with Crippen molar-refractivity contribution in [3.63, 3.8) is 0 Å². The van der Waals surface area contributed by atoms with Crippen molar-refractivity contribution in [1.82, 2.24) is 20.1 Å². The Labute approximate surface area is 222 Å². The van der Waals surface area contributed by atoms with Crippen molar-refractivity contribution in [1.29, 1.82) is 0 Å². The van der Waals surface area contributed by atoms with E-state index in [1.54, 1.807) is 23.2 Å². The molecule has 2 aromatic carbocycles. The maximum absolute atomic E-state index is 13.4. The van der Waals surface area contributed by atoms with Crippen molar-refractivity contribution >= 4 is 11.8 Å². The predicted octanol–water partition coefficient (Wildman–Crippen LogP) is 3.69. The molecule has 0 unspecified atom stereocenters. The minimum atomic E-state index is -0.334. The zero-order valence-electron chi connectivity index (χ0n) is 21.5. The summed E-state index contributed by atoms with van der Waals surface area (Å²) in [5.41, 5.74) is 3.33. The lowest BCUT2D eigenvalue weighted by molar-refractivity contribution is -0.124. The summed E-state index contributed by atoms with van der Waals surface area (Å²) in [5, 5.41) is 3.20. The number of aryl methyl sites for hydroxylation is 1. The molecule has 8 heteroatoms. The maximum Gasteiger partial charge on any atom is 0.255 e. The monoisotopic (exact) mass is 512 g/mol. The fraction of sp³-hybridized carbons (Fsp3) is 0.367. The summed E-state index contributed by atoms with van der Waals surface area (Å²) in [6, 6.07) is 19.6. The van der Waals surface area contributed by atoms with E-state index in [9.17, 15) is 9.59 Å². The number of hydrogen-bond acceptors (Lipinski definition) is 6. The van der Waals surface area contributed by atoms with Gasteiger partial charge in [0, 0.05) is 37.6 Å². The quantitative estimate of drug-likeness (QED) is 0.564. The van der Waals surface area contributed by atoms with Crippen LogP contribution in [-0.2, 0) is 22.7 Å². The molecule has 196 valence electrons. The van der Waals surface area contributed by atoms with E-state index in [2.05, 4.69) is 21.3 Å². The van der Waals surface area contributed by atoms with Crippen LogP contribution in [0.2, 0.25) is 0 Å². The largest absolute Gasteiger partial charge is 0.457 e. The second-order valence-electron chi connectivity index (χ2n) is 10.4. The Morgan fingerprint density at radius 1 is 0.974 bits per heavy atom. The lowest BCUT2D eigenvalue weighted by Crippen LogP contribution is -2.48. The summed E-state index contributed by atoms with van der Waals surface area (Å²) >= 11 is 0. The number of rotatable bonds is 2. The molecule has 6 rings (SSSR count). The molecule has 1 aliphatic carbocycles. The van der Waals surface area contributed by atoms with Crippen molar-refractivity contribution in [2.24, 2.45) is 0 Å². The molecule has 3 aromatic rings. The normalized spacial score (nSPS) is 22.3. The zero-order valence-corrected chi connectivity index (χ0v) is 21.5. The topological polar surface area (TPSA) is 84.0 Å². The minimum Gasteiger partial charge on any atom is -0.457 e. The molecule has 2 atom stereocenters. The number of fused-ring (bicyclic) bond motifs is 5. The minimum absolute atomic E-state index is 0.0520. The molecule has 3 heterocycles. The number of likely N-dealkylation sites (tertiary alicyclic amines) is 1. The molecule has 1 aromatic heterocycles. The van der Waals surface area contributed by atoms with Crippen LogP contribution in [0.1, 0.15) is 40.0 Å². The fourth-order valence-electron chi connectivity index (χ4n) is 5.30. The zero-order chi connectivity index (χ0) is 26.1. The number of carbonyl (C=O) groups excluding carboxylic acids is 2. The molecule has 0 spiro atoms. The number of amides is 2. The third kappa shape index (κ3) is 5.56. The maximum atomic E-state index is 13.4. The van der Waals surface area contributed by atoms with Gasteiger partial charge >= 0.3 is 0 Å². The first-order valence-corrected chi connectivity index (χ1v) is 13.2. The van der Waals surface area contributed by atoms with Crippen molar-refractivity contribution in [3.05, 3.63) is 89.2 Å². The van der Waals surface area contributed by atoms with Crippen LogP contribution in [0.25, 0.3) is 0 Å². The number of carbonyl (C=O) groups is 2. The fourth-order valence-corrected chi connectivity index (χ4v) is 5.30. The molecule has 2 amide bonds. The highest BCUT2D eigenvalue weighted by molar-refractivity contribution is 5.95. The summed E-state index contributed by atoms with van der Waals surface area (Å²) in [4.78, 5) is 34.9. The van der Waals surface area contributed by atoms with Crippen LogP contribution in [0, 0.1) is 6.92 Å². The van der Waals surface area contributed by atoms with Gasteiger partial charge in [0.2, 0.25) is 5.91 Å². The molecule has 1 saturated carbocycles. The van der Waals surface area contributed by atoms with Gasteiger partial charge in [0.15, 0.2) is 0 Å². The average Bonchev–Trinajstić information content (AvgIpc) is 3.68. The van der Waals surface area contributed by atoms with Gasteiger partial charge in [-0.25, -0.2) is 0 Å². The Morgan fingerprint density at radius 3 is 2.50 bits per heavy atom. The first kappa shape index (κ1) is 24.6. The van der Waals surface area contributed by atoms with Gasteiger partial charge in [-0.15, -0.1) is 0 Å². The SMILES string of the molecule is Cc1ncccc1C(=O)N1C[C@@H]2NC(=O)CN(C3CC3)Cc3cccc(c3)Oc3cccc(c3)CO[C@H]2C1. The Morgan fingerprint density at radius 2 is 1.74 bits per heavy atom. The van der Waals surface area contributed by atoms with E-state index in [1.807, 2.05) is 49.4 Å². The van der Waals surface area contributed by atoms with E-state index < -0.39 is 0 Å². The third-order valence-corrected chi connectivity index (χ3v) is 7.43. The highest BCUT2D eigenvalue weighted by Gasteiger charge is 2.38. The summed E-state index contributed by atoms with van der Waals surface area (Å²) in [5.74, 6) is 1.36. The standard InChI is InChI=1S/C30H32N4O4/c1-20-26(9-4-12-31-20)30(36)34-16-27-28(17-34)37-19-22-6-3-8-25(14-22)38-24-7-2-5-21(13-24)15-33(23-10-11-23)18-29(35)32-27/h2-9,12-14,23,27-28H,10-11,15-19H2,1H3,(H,32,35)/t27-,28-/m0/s1. The number of benzene rings is 2. The Hall–Kier alpha value is -3.75. The van der Waals surface area contributed by atoms with Gasteiger partial charge in [-0.3, -0.25) is 19.5 Å². The number of aromatic nitrogens is 1. The van der Waals surface area contributed by atoms with Crippen molar-refractivity contribution in [2.45, 2.75) is 51.1 Å². The Bertz CT molecular complexity index is 1340. The van der Waals surface area contributed by atoms with Crippen molar-refractivity contribution < 1.29 is 19.1 Å². The molecule has 2 aliphatic heterocycles. The Kier molecular flexibility index (Phi) is 6.82. The van der Waals surface area contributed by atoms with Crippen LogP contribution in [0.15, 0.2) is 66.9 Å². The van der Waals surface area contributed by atoms with Crippen LogP contribution in [-0.4, -0.2) is 64.4 Å². The number of nitrogens with zero attached hydrogens (tertiary/aromatic N) is 3. The first-order valence-electron chi connectivity index (χ1n) is 13.2. The molecule has 4 bridgehead atoms. The second-order valence-corrected chi connectivity index (χ2v) is 10.4. The molecule has 8 nitrogen and oxygen atoms in total. The highest BCUT2D eigenvalue weighted by atomic mass is 16.5. The smallest absolute Gasteiger partial charge is 0.255 e. The van der Waals surface area contributed by atoms with E-state index in [4.69, 9.17) is 9.47 Å². The lowest BCUT2D eigenvalue weighted by atomic mass is 10.1. The summed E-state index contributed by atoms with van der Waals surface area (Å²) in [6.45, 7) is 3.93. The summed E-state index contributed by atoms with van der Waals surface area (Å²) < 4.78 is 12.5. The van der Waals surface area contributed by atoms with Crippen molar-refractivity contribution in [3.8, 4) is 11.5 Å². The molecule has 38 heavy (non-hydrogen) atoms. The first-order chi connectivity index (χ1) is 18.5. The van der Waals surface area contributed by atoms with Gasteiger partial charge in [0.25, 0.3) is 5.91 Å². The molecule has 0 radical (unpaired) electrons. The van der Waals surface area contributed by atoms with Crippen molar-refractivity contribution in [2.75, 3.05) is 19.6 Å². The highest BCUT2D eigenvalue weighted by Crippen LogP contribution is 2.30. The van der Waals surface area contributed by atoms with Crippen LogP contribution < -0.4 is 10.1 Å². The van der Waals surface area contributed by atoms with Crippen LogP contribution in [0.3, 0.4) is 0 Å². The van der Waals surface area contributed by atoms with E-state index in [-0.39, 0.29) is 24.0 Å². The van der Waals surface area contributed by atoms with Gasteiger partial charge in [0.05, 0.1) is 30.9 Å². The number of ether oxygens (including phenoxy) is 2. The van der Waals surface area contributed by atoms with Gasteiger partial charge in [0.1, 0.15) is 11.5 Å². The van der Waals surface area contributed by atoms with Gasteiger partial charge in [-0.05, 0) is 67.3 Å². The van der Waals surface area contributed by atoms with E-state index in [0.717, 1.165) is 35.5 Å². The van der Waals surface area contributed by atoms with Gasteiger partial charge < -0.3 is 19.7 Å². The predicted molar refractivity (Wildman–Crippen MR) is 142 cm³/mol. The Balaban J connectivity index is 1.27. The molecular formula is C30H32N4O4. The van der Waals surface area contributed by atoms with E-state index in [0.29, 0.717) is 50.1 Å². The molecule has 1 saturated heterocycles. The lowest BCUT2D eigenvalue weighted by Gasteiger charge is -2.25. The molecule has 3 aliphatic rings. The van der Waals surface area contributed by atoms with Crippen LogP contribution in [0.4, 0.5) is 0 Å². The van der Waals surface area contributed by atoms with E-state index in [1.165, 1.54) is 0 Å². The average molecular weight is 513 g/mol. The molecular weight excluding hydrogens is 480 g/mol. The number of pyridine rings is 1. The van der Waals surface area contributed by atoms with Crippen LogP contribution >= 0.6 is 0 Å². The number of hydrogen-bond donors (Lipinski definition) is 1. The second kappa shape index (κ2) is 10.6. The molecule has 1 N–H and O–H groups in total. The van der Waals surface area contributed by atoms with E-state index >= 15 is 0 Å². The van der Waals surface area contributed by atoms with Gasteiger partial charge in [-0.1, -0.05) is 24.3 Å². The van der Waals surface area contributed by atoms with Gasteiger partial charge in [-0.2, -0.15) is 0 Å². The third-order valence-electron chi connectivity index (χ3n) is 7.43. The molecule has 2 fully saturated rings. The van der Waals surface area contributed by atoms with Crippen LogP contribution in [0.5, 0.6) is 11.5 Å². The summed E-state index contributed by atoms with van der Waals surface area (Å²) in [7, 11) is 0. The number of nitrogens with one attached hydrogen (secondary N) is 1.